The number of nitrogens with one attached hydrogen (secondary N) is 1. The summed E-state index contributed by atoms with van der Waals surface area (Å²) in [6, 6.07) is 5.63. The summed E-state index contributed by atoms with van der Waals surface area (Å²) in [7, 11) is 0. The van der Waals surface area contributed by atoms with Gasteiger partial charge in [-0.1, -0.05) is 19.1 Å². The second-order valence-electron chi connectivity index (χ2n) is 4.72. The van der Waals surface area contributed by atoms with E-state index in [1.165, 1.54) is 5.31 Å². The zero-order valence-corrected chi connectivity index (χ0v) is 8.87. The summed E-state index contributed by atoms with van der Waals surface area (Å²) in [6.07, 6.45) is 0.935. The van der Waals surface area contributed by atoms with E-state index in [-0.39, 0.29) is 5.54 Å². The molecule has 0 amide bonds. The lowest BCUT2D eigenvalue weighted by Gasteiger charge is -2.37. The average molecular weight is 193 g/mol. The molecule has 1 unspecified atom stereocenters. The van der Waals surface area contributed by atoms with Gasteiger partial charge < -0.3 is 10.4 Å². The van der Waals surface area contributed by atoms with Crippen LogP contribution in [0.1, 0.15) is 38.7 Å². The number of benzene rings is 1. The van der Waals surface area contributed by atoms with Gasteiger partial charge in [0.05, 0.1) is 5.69 Å². The standard InChI is InChI=1S/C12H17NO/c1-8-7-12(2,3)13-11-9(8)5-4-6-10(11)14/h4-6,8,13-14H,7H2,1-3H3/i/hD2. The first kappa shape index (κ1) is 7.16. The van der Waals surface area contributed by atoms with E-state index in [9.17, 15) is 0 Å². The molecule has 2 rings (SSSR count). The molecule has 0 spiro atoms. The predicted octanol–water partition coefficient (Wildman–Crippen LogP) is 3.09. The van der Waals surface area contributed by atoms with Crippen LogP contribution in [-0.2, 0) is 0 Å². The lowest BCUT2D eigenvalue weighted by atomic mass is 9.82. The van der Waals surface area contributed by atoms with E-state index in [2.05, 4.69) is 12.0 Å². The first-order valence-corrected chi connectivity index (χ1v) is 5.02. The molecule has 14 heavy (non-hydrogen) atoms. The highest BCUT2D eigenvalue weighted by Gasteiger charge is 2.30. The largest absolute Gasteiger partial charge is 0.506 e. The van der Waals surface area contributed by atoms with E-state index in [1.807, 2.05) is 26.0 Å². The Balaban J connectivity index is 2.60. The normalized spacial score (nSPS) is 26.2. The molecule has 2 heteroatoms. The third kappa shape index (κ3) is 1.45. The van der Waals surface area contributed by atoms with Crippen LogP contribution in [0.4, 0.5) is 5.69 Å². The van der Waals surface area contributed by atoms with Gasteiger partial charge >= 0.3 is 0 Å². The summed E-state index contributed by atoms with van der Waals surface area (Å²) in [5, 5.41) is 6.09. The minimum atomic E-state index is -0.221. The number of hydrogen-bond donors (Lipinski definition) is 2. The van der Waals surface area contributed by atoms with Crippen LogP contribution in [0.2, 0.25) is 1.41 Å². The molecule has 2 N–H and O–H groups in total. The minimum absolute atomic E-state index is 0.221. The Morgan fingerprint density at radius 3 is 3.14 bits per heavy atom. The molecule has 1 aromatic carbocycles. The Morgan fingerprint density at radius 2 is 2.43 bits per heavy atom. The number of hydrogen-bond acceptors (Lipinski definition) is 2. The van der Waals surface area contributed by atoms with Crippen molar-refractivity contribution in [1.29, 1.82) is 1.43 Å². The average Bonchev–Trinajstić information content (AvgIpc) is 2.24. The van der Waals surface area contributed by atoms with Gasteiger partial charge in [0.25, 0.3) is 1.43 Å². The molecule has 0 saturated carbocycles. The first-order valence-electron chi connectivity index (χ1n) is 5.88. The predicted molar refractivity (Wildman–Crippen MR) is 58.8 cm³/mol. The van der Waals surface area contributed by atoms with E-state index in [0.29, 0.717) is 11.7 Å². The van der Waals surface area contributed by atoms with Gasteiger partial charge in [-0.2, -0.15) is 0 Å². The van der Waals surface area contributed by atoms with Crippen molar-refractivity contribution in [2.45, 2.75) is 38.6 Å². The molecule has 1 heterocycles. The van der Waals surface area contributed by atoms with E-state index in [4.69, 9.17) is 2.84 Å². The molecular formula is C12H17NO. The van der Waals surface area contributed by atoms with Crippen molar-refractivity contribution in [3.63, 3.8) is 0 Å². The monoisotopic (exact) mass is 193 g/mol. The zero-order chi connectivity index (χ0) is 11.9. The topological polar surface area (TPSA) is 32.3 Å². The summed E-state index contributed by atoms with van der Waals surface area (Å²) < 4.78 is 15.2. The van der Waals surface area contributed by atoms with Gasteiger partial charge in [0, 0.05) is 5.54 Å². The summed E-state index contributed by atoms with van der Waals surface area (Å²) >= 11 is 0. The Morgan fingerprint density at radius 1 is 1.64 bits per heavy atom. The lowest BCUT2D eigenvalue weighted by Crippen LogP contribution is -2.36. The highest BCUT2D eigenvalue weighted by molar-refractivity contribution is 5.65. The van der Waals surface area contributed by atoms with Crippen molar-refractivity contribution >= 4 is 5.69 Å². The molecule has 1 aliphatic rings. The van der Waals surface area contributed by atoms with Crippen LogP contribution in [0.15, 0.2) is 18.2 Å². The SMILES string of the molecule is [2H]Oc1cccc2c1N([2H])C(C)(C)CC2C. The molecule has 0 fully saturated rings. The van der Waals surface area contributed by atoms with E-state index < -0.39 is 0 Å². The maximum atomic E-state index is 8.16. The van der Waals surface area contributed by atoms with Crippen LogP contribution in [0.25, 0.3) is 0 Å². The van der Waals surface area contributed by atoms with Crippen molar-refractivity contribution in [3.05, 3.63) is 23.8 Å². The fourth-order valence-corrected chi connectivity index (χ4v) is 2.26. The van der Waals surface area contributed by atoms with Gasteiger partial charge in [-0.05, 0) is 37.8 Å². The van der Waals surface area contributed by atoms with Crippen LogP contribution in [-0.4, -0.2) is 12.1 Å². The number of fused-ring (bicyclic) bond motifs is 1. The van der Waals surface area contributed by atoms with Gasteiger partial charge in [-0.15, -0.1) is 0 Å². The van der Waals surface area contributed by atoms with Gasteiger partial charge in [0.2, 0.25) is 0 Å². The number of anilines is 1. The quantitative estimate of drug-likeness (QED) is 0.672. The fourth-order valence-electron chi connectivity index (χ4n) is 2.26. The molecule has 1 aromatic rings. The second kappa shape index (κ2) is 2.91. The van der Waals surface area contributed by atoms with E-state index >= 15 is 0 Å². The third-order valence-corrected chi connectivity index (χ3v) is 2.78. The van der Waals surface area contributed by atoms with E-state index in [1.54, 1.807) is 6.07 Å². The highest BCUT2D eigenvalue weighted by Crippen LogP contribution is 2.42. The van der Waals surface area contributed by atoms with Crippen molar-refractivity contribution < 1.29 is 6.52 Å². The molecule has 0 saturated heterocycles. The number of phenols is 1. The molecule has 1 aliphatic heterocycles. The molecule has 76 valence electrons. The van der Waals surface area contributed by atoms with Crippen LogP contribution >= 0.6 is 0 Å². The number of aromatic hydroxyl groups is 1. The Kier molecular flexibility index (Phi) is 1.49. The second-order valence-corrected chi connectivity index (χ2v) is 4.72. The fraction of sp³-hybridized carbons (Fsp3) is 0.500. The van der Waals surface area contributed by atoms with Crippen molar-refractivity contribution in [2.24, 2.45) is 0 Å². The van der Waals surface area contributed by atoms with Crippen LogP contribution in [0, 0.1) is 0 Å². The molecule has 0 radical (unpaired) electrons. The number of phenolic OH excluding ortho intramolecular Hbond substituents is 1. The first-order chi connectivity index (χ1) is 7.47. The van der Waals surface area contributed by atoms with Gasteiger partial charge in [-0.25, -0.2) is 0 Å². The number of rotatable bonds is 1. The van der Waals surface area contributed by atoms with Crippen molar-refractivity contribution in [1.82, 2.24) is 0 Å². The Labute approximate surface area is 87.9 Å². The molecule has 0 aliphatic carbocycles. The molecule has 2 nitrogen and oxygen atoms in total. The Bertz CT molecular complexity index is 406. The molecular weight excluding hydrogens is 174 g/mol. The van der Waals surface area contributed by atoms with Crippen LogP contribution in [0.5, 0.6) is 5.75 Å². The van der Waals surface area contributed by atoms with E-state index in [0.717, 1.165) is 17.7 Å². The van der Waals surface area contributed by atoms with Gasteiger partial charge in [0.15, 0.2) is 1.41 Å². The summed E-state index contributed by atoms with van der Waals surface area (Å²) in [4.78, 5) is 0. The smallest absolute Gasteiger partial charge is 0.293 e. The maximum absolute atomic E-state index is 8.16. The highest BCUT2D eigenvalue weighted by atomic mass is 16.3. The summed E-state index contributed by atoms with van der Waals surface area (Å²) in [5.74, 6) is 0.855. The molecule has 0 bridgehead atoms. The lowest BCUT2D eigenvalue weighted by molar-refractivity contribution is 0.434. The maximum Gasteiger partial charge on any atom is 0.293 e. The zero-order valence-electron chi connectivity index (χ0n) is 10.9. The van der Waals surface area contributed by atoms with Gasteiger partial charge in [-0.3, -0.25) is 0 Å². The van der Waals surface area contributed by atoms with Crippen molar-refractivity contribution in [2.75, 3.05) is 5.31 Å². The Hall–Kier alpha value is -1.18. The van der Waals surface area contributed by atoms with Crippen molar-refractivity contribution in [3.8, 4) is 5.75 Å². The minimum Gasteiger partial charge on any atom is -0.506 e. The summed E-state index contributed by atoms with van der Waals surface area (Å²) in [5.41, 5.74) is 1.61. The third-order valence-electron chi connectivity index (χ3n) is 2.78. The summed E-state index contributed by atoms with van der Waals surface area (Å²) in [6.45, 7) is 6.24. The molecule has 1 atom stereocenters. The van der Waals surface area contributed by atoms with Crippen LogP contribution in [0.3, 0.4) is 0 Å². The van der Waals surface area contributed by atoms with Crippen LogP contribution < -0.4 is 5.31 Å². The molecule has 0 aromatic heterocycles. The van der Waals surface area contributed by atoms with Gasteiger partial charge in [0.1, 0.15) is 5.75 Å². The number of para-hydroxylation sites is 1.